The Morgan fingerprint density at radius 3 is 2.78 bits per heavy atom. The molecule has 1 aliphatic heterocycles. The highest BCUT2D eigenvalue weighted by atomic mass is 16.5. The van der Waals surface area contributed by atoms with E-state index in [0.29, 0.717) is 12.3 Å². The zero-order valence-electron chi connectivity index (χ0n) is 14.1. The molecule has 0 bridgehead atoms. The van der Waals surface area contributed by atoms with E-state index >= 15 is 0 Å². The third-order valence-corrected chi connectivity index (χ3v) is 3.98. The minimum Gasteiger partial charge on any atom is -0.423 e. The van der Waals surface area contributed by atoms with E-state index in [1.165, 1.54) is 0 Å². The Hall–Kier alpha value is -2.08. The zero-order valence-corrected chi connectivity index (χ0v) is 14.1. The standard InChI is InChI=1S/C17H25N3O3/c1-4-19(5-2)9-8-18-16(21)11-20-12-17(22)23-15-7-6-13(3)10-14(15)20/h6-7,10H,4-5,8-9,11-12H2,1-3H3,(H,18,21). The van der Waals surface area contributed by atoms with Crippen LogP contribution in [-0.4, -0.2) is 56.0 Å². The molecule has 0 aromatic heterocycles. The number of nitrogens with one attached hydrogen (secondary N) is 1. The summed E-state index contributed by atoms with van der Waals surface area (Å²) in [6.07, 6.45) is 0. The van der Waals surface area contributed by atoms with Crippen LogP contribution in [0.3, 0.4) is 0 Å². The highest BCUT2D eigenvalue weighted by molar-refractivity contribution is 5.89. The first-order chi connectivity index (χ1) is 11.0. The van der Waals surface area contributed by atoms with Gasteiger partial charge in [-0.05, 0) is 37.7 Å². The zero-order chi connectivity index (χ0) is 16.8. The Morgan fingerprint density at radius 2 is 2.09 bits per heavy atom. The van der Waals surface area contributed by atoms with Gasteiger partial charge in [0.2, 0.25) is 5.91 Å². The molecule has 0 spiro atoms. The molecule has 1 amide bonds. The lowest BCUT2D eigenvalue weighted by Crippen LogP contribution is -2.44. The number of ether oxygens (including phenoxy) is 1. The first-order valence-electron chi connectivity index (χ1n) is 8.08. The number of amides is 1. The van der Waals surface area contributed by atoms with Crippen molar-refractivity contribution in [2.24, 2.45) is 0 Å². The molecule has 0 saturated carbocycles. The van der Waals surface area contributed by atoms with Crippen molar-refractivity contribution in [3.8, 4) is 5.75 Å². The summed E-state index contributed by atoms with van der Waals surface area (Å²) in [5.74, 6) is 0.0967. The maximum Gasteiger partial charge on any atom is 0.331 e. The van der Waals surface area contributed by atoms with Gasteiger partial charge in [-0.25, -0.2) is 4.79 Å². The Morgan fingerprint density at radius 1 is 1.35 bits per heavy atom. The van der Waals surface area contributed by atoms with Crippen molar-refractivity contribution in [1.29, 1.82) is 0 Å². The summed E-state index contributed by atoms with van der Waals surface area (Å²) in [4.78, 5) is 27.8. The van der Waals surface area contributed by atoms with Crippen LogP contribution in [0.4, 0.5) is 5.69 Å². The second kappa shape index (κ2) is 7.97. The van der Waals surface area contributed by atoms with E-state index in [1.54, 1.807) is 11.0 Å². The molecule has 0 unspecified atom stereocenters. The predicted octanol–water partition coefficient (Wildman–Crippen LogP) is 1.18. The van der Waals surface area contributed by atoms with Crippen LogP contribution in [-0.2, 0) is 9.59 Å². The molecule has 6 nitrogen and oxygen atoms in total. The molecule has 2 rings (SSSR count). The van der Waals surface area contributed by atoms with Gasteiger partial charge in [0.1, 0.15) is 6.54 Å². The lowest BCUT2D eigenvalue weighted by molar-refractivity contribution is -0.133. The van der Waals surface area contributed by atoms with Crippen molar-refractivity contribution in [2.75, 3.05) is 44.2 Å². The minimum absolute atomic E-state index is 0.0840. The Balaban J connectivity index is 1.93. The minimum atomic E-state index is -0.336. The number of fused-ring (bicyclic) bond motifs is 1. The topological polar surface area (TPSA) is 61.9 Å². The van der Waals surface area contributed by atoms with Crippen LogP contribution in [0.15, 0.2) is 18.2 Å². The maximum atomic E-state index is 12.1. The quantitative estimate of drug-likeness (QED) is 0.604. The van der Waals surface area contributed by atoms with Gasteiger partial charge in [-0.15, -0.1) is 0 Å². The van der Waals surface area contributed by atoms with E-state index in [0.717, 1.165) is 30.9 Å². The second-order valence-corrected chi connectivity index (χ2v) is 5.68. The van der Waals surface area contributed by atoms with Crippen molar-refractivity contribution >= 4 is 17.6 Å². The predicted molar refractivity (Wildman–Crippen MR) is 89.8 cm³/mol. The molecule has 1 N–H and O–H groups in total. The normalized spacial score (nSPS) is 13.7. The van der Waals surface area contributed by atoms with Gasteiger partial charge in [-0.2, -0.15) is 0 Å². The molecule has 6 heteroatoms. The number of likely N-dealkylation sites (N-methyl/N-ethyl adjacent to an activating group) is 1. The monoisotopic (exact) mass is 319 g/mol. The number of benzene rings is 1. The number of carbonyl (C=O) groups is 2. The highest BCUT2D eigenvalue weighted by Crippen LogP contribution is 2.32. The van der Waals surface area contributed by atoms with E-state index in [9.17, 15) is 9.59 Å². The van der Waals surface area contributed by atoms with Gasteiger partial charge in [0.05, 0.1) is 12.2 Å². The molecule has 23 heavy (non-hydrogen) atoms. The highest BCUT2D eigenvalue weighted by Gasteiger charge is 2.25. The van der Waals surface area contributed by atoms with Crippen LogP contribution < -0.4 is 15.0 Å². The van der Waals surface area contributed by atoms with Crippen LogP contribution in [0.5, 0.6) is 5.75 Å². The van der Waals surface area contributed by atoms with Gasteiger partial charge in [0.15, 0.2) is 5.75 Å². The molecule has 0 aliphatic carbocycles. The van der Waals surface area contributed by atoms with Gasteiger partial charge in [0.25, 0.3) is 0 Å². The van der Waals surface area contributed by atoms with Crippen LogP contribution in [0.1, 0.15) is 19.4 Å². The van der Waals surface area contributed by atoms with Gasteiger partial charge in [-0.3, -0.25) is 4.79 Å². The molecule has 0 radical (unpaired) electrons. The number of hydrogen-bond donors (Lipinski definition) is 1. The number of aryl methyl sites for hydroxylation is 1. The molecular formula is C17H25N3O3. The number of nitrogens with zero attached hydrogens (tertiary/aromatic N) is 2. The van der Waals surface area contributed by atoms with Crippen molar-refractivity contribution in [3.05, 3.63) is 23.8 Å². The summed E-state index contributed by atoms with van der Waals surface area (Å²) in [5.41, 5.74) is 1.86. The average Bonchev–Trinajstić information content (AvgIpc) is 2.52. The molecule has 1 aliphatic rings. The van der Waals surface area contributed by atoms with Gasteiger partial charge >= 0.3 is 5.97 Å². The maximum absolute atomic E-state index is 12.1. The molecule has 1 aromatic rings. The smallest absolute Gasteiger partial charge is 0.331 e. The molecule has 0 saturated heterocycles. The Bertz CT molecular complexity index is 570. The van der Waals surface area contributed by atoms with Gasteiger partial charge < -0.3 is 19.9 Å². The van der Waals surface area contributed by atoms with Crippen molar-refractivity contribution in [2.45, 2.75) is 20.8 Å². The number of esters is 1. The van der Waals surface area contributed by atoms with Gasteiger partial charge in [-0.1, -0.05) is 19.9 Å². The first-order valence-corrected chi connectivity index (χ1v) is 8.08. The van der Waals surface area contributed by atoms with E-state index in [1.807, 2.05) is 19.1 Å². The number of rotatable bonds is 7. The number of anilines is 1. The second-order valence-electron chi connectivity index (χ2n) is 5.68. The number of hydrogen-bond acceptors (Lipinski definition) is 5. The van der Waals surface area contributed by atoms with Crippen molar-refractivity contribution < 1.29 is 14.3 Å². The van der Waals surface area contributed by atoms with Crippen LogP contribution >= 0.6 is 0 Å². The third-order valence-electron chi connectivity index (χ3n) is 3.98. The summed E-state index contributed by atoms with van der Waals surface area (Å²) in [7, 11) is 0. The molecule has 0 fully saturated rings. The molecule has 126 valence electrons. The summed E-state index contributed by atoms with van der Waals surface area (Å²) >= 11 is 0. The fraction of sp³-hybridized carbons (Fsp3) is 0.529. The summed E-state index contributed by atoms with van der Waals surface area (Å²) < 4.78 is 5.22. The van der Waals surface area contributed by atoms with Crippen LogP contribution in [0.2, 0.25) is 0 Å². The fourth-order valence-corrected chi connectivity index (χ4v) is 2.62. The van der Waals surface area contributed by atoms with Crippen molar-refractivity contribution in [3.63, 3.8) is 0 Å². The van der Waals surface area contributed by atoms with Gasteiger partial charge in [0, 0.05) is 13.1 Å². The van der Waals surface area contributed by atoms with E-state index in [4.69, 9.17) is 4.74 Å². The fourth-order valence-electron chi connectivity index (χ4n) is 2.62. The van der Waals surface area contributed by atoms with E-state index in [-0.39, 0.29) is 25.0 Å². The average molecular weight is 319 g/mol. The van der Waals surface area contributed by atoms with E-state index in [2.05, 4.69) is 24.1 Å². The summed E-state index contributed by atoms with van der Waals surface area (Å²) in [5, 5.41) is 2.91. The summed E-state index contributed by atoms with van der Waals surface area (Å²) in [6, 6.07) is 5.59. The third kappa shape index (κ3) is 4.69. The lowest BCUT2D eigenvalue weighted by atomic mass is 10.1. The van der Waals surface area contributed by atoms with Crippen molar-refractivity contribution in [1.82, 2.24) is 10.2 Å². The Labute approximate surface area is 137 Å². The lowest BCUT2D eigenvalue weighted by Gasteiger charge is -2.29. The summed E-state index contributed by atoms with van der Waals surface area (Å²) in [6.45, 7) is 9.81. The largest absolute Gasteiger partial charge is 0.423 e. The molecule has 1 heterocycles. The van der Waals surface area contributed by atoms with Crippen LogP contribution in [0, 0.1) is 6.92 Å². The van der Waals surface area contributed by atoms with Crippen LogP contribution in [0.25, 0.3) is 0 Å². The van der Waals surface area contributed by atoms with E-state index < -0.39 is 0 Å². The first kappa shape index (κ1) is 17.3. The molecule has 1 aromatic carbocycles. The molecule has 0 atom stereocenters. The number of carbonyl (C=O) groups excluding carboxylic acids is 2. The molecular weight excluding hydrogens is 294 g/mol. The SMILES string of the molecule is CCN(CC)CCNC(=O)CN1CC(=O)Oc2ccc(C)cc21. The Kier molecular flexibility index (Phi) is 5.98.